The number of Topliss-reactive ketones (excluding diaryl/α,β-unsaturated/α-hetero) is 1. The lowest BCUT2D eigenvalue weighted by Gasteiger charge is -2.27. The van der Waals surface area contributed by atoms with Crippen LogP contribution >= 0.6 is 0 Å². The lowest BCUT2D eigenvalue weighted by Crippen LogP contribution is -2.26. The van der Waals surface area contributed by atoms with E-state index in [-0.39, 0.29) is 16.6 Å². The van der Waals surface area contributed by atoms with Gasteiger partial charge in [0.1, 0.15) is 11.5 Å². The zero-order valence-electron chi connectivity index (χ0n) is 11.5. The van der Waals surface area contributed by atoms with E-state index in [9.17, 15) is 4.79 Å². The maximum Gasteiger partial charge on any atom is 0.183 e. The van der Waals surface area contributed by atoms with Gasteiger partial charge in [-0.25, -0.2) is 4.98 Å². The molecule has 0 amide bonds. The van der Waals surface area contributed by atoms with Gasteiger partial charge in [-0.2, -0.15) is 0 Å². The number of nitrogens with zero attached hydrogens (tertiary/aromatic N) is 1. The van der Waals surface area contributed by atoms with E-state index in [0.717, 1.165) is 24.4 Å². The van der Waals surface area contributed by atoms with Crippen molar-refractivity contribution in [1.29, 1.82) is 0 Å². The summed E-state index contributed by atoms with van der Waals surface area (Å²) in [4.78, 5) is 19.8. The number of hydrogen-bond donors (Lipinski definition) is 1. The van der Waals surface area contributed by atoms with Crippen LogP contribution in [0.3, 0.4) is 0 Å². The van der Waals surface area contributed by atoms with Crippen molar-refractivity contribution in [3.63, 3.8) is 0 Å². The Morgan fingerprint density at radius 1 is 1.29 bits per heavy atom. The molecule has 0 fully saturated rings. The molecule has 0 aliphatic heterocycles. The number of rotatable bonds is 1. The van der Waals surface area contributed by atoms with Crippen LogP contribution in [0.5, 0.6) is 0 Å². The highest BCUT2D eigenvalue weighted by atomic mass is 16.1. The van der Waals surface area contributed by atoms with E-state index >= 15 is 0 Å². The van der Waals surface area contributed by atoms with Gasteiger partial charge in [-0.1, -0.05) is 34.6 Å². The molecule has 1 N–H and O–H groups in total. The average molecular weight is 234 g/mol. The number of fused-ring (bicyclic) bond motifs is 1. The Balaban J connectivity index is 2.30. The molecule has 1 aliphatic rings. The summed E-state index contributed by atoms with van der Waals surface area (Å²) in [6, 6.07) is 0. The number of carbonyl (C=O) groups is 1. The standard InChI is InChI=1S/C14H22N2O/c1-13(2,3)8-11-15-9-6-14(4,5)7-10(17)12(9)16-11/h6-8H2,1-5H3,(H,15,16). The average Bonchev–Trinajstić information content (AvgIpc) is 2.41. The molecular formula is C14H22N2O. The van der Waals surface area contributed by atoms with E-state index < -0.39 is 0 Å². The molecule has 0 spiro atoms. The summed E-state index contributed by atoms with van der Waals surface area (Å²) in [6.07, 6.45) is 2.42. The molecule has 0 atom stereocenters. The first-order valence-corrected chi connectivity index (χ1v) is 6.27. The van der Waals surface area contributed by atoms with E-state index in [1.54, 1.807) is 0 Å². The molecule has 1 heterocycles. The Bertz CT molecular complexity index is 449. The molecule has 0 aromatic carbocycles. The Morgan fingerprint density at radius 3 is 2.53 bits per heavy atom. The van der Waals surface area contributed by atoms with Crippen LogP contribution in [0, 0.1) is 10.8 Å². The summed E-state index contributed by atoms with van der Waals surface area (Å²) >= 11 is 0. The number of ketones is 1. The smallest absolute Gasteiger partial charge is 0.183 e. The summed E-state index contributed by atoms with van der Waals surface area (Å²) in [6.45, 7) is 10.8. The molecule has 0 saturated heterocycles. The van der Waals surface area contributed by atoms with Crippen LogP contribution in [0.1, 0.15) is 63.0 Å². The van der Waals surface area contributed by atoms with Crippen LogP contribution in [0.15, 0.2) is 0 Å². The molecule has 0 bridgehead atoms. The first kappa shape index (κ1) is 12.3. The van der Waals surface area contributed by atoms with Crippen molar-refractivity contribution in [2.45, 2.75) is 53.9 Å². The number of nitrogens with one attached hydrogen (secondary N) is 1. The van der Waals surface area contributed by atoms with Gasteiger partial charge in [0.25, 0.3) is 0 Å². The minimum atomic E-state index is 0.0651. The molecule has 3 nitrogen and oxygen atoms in total. The van der Waals surface area contributed by atoms with E-state index in [2.05, 4.69) is 44.6 Å². The number of aromatic amines is 1. The third-order valence-corrected chi connectivity index (χ3v) is 3.08. The van der Waals surface area contributed by atoms with Crippen LogP contribution in [-0.2, 0) is 12.8 Å². The van der Waals surface area contributed by atoms with Crippen molar-refractivity contribution in [2.75, 3.05) is 0 Å². The summed E-state index contributed by atoms with van der Waals surface area (Å²) in [5, 5.41) is 0. The Morgan fingerprint density at radius 2 is 1.94 bits per heavy atom. The molecule has 1 aliphatic carbocycles. The Kier molecular flexibility index (Phi) is 2.68. The van der Waals surface area contributed by atoms with Crippen LogP contribution in [0.4, 0.5) is 0 Å². The Labute approximate surface area is 103 Å². The van der Waals surface area contributed by atoms with E-state index in [1.165, 1.54) is 0 Å². The summed E-state index contributed by atoms with van der Waals surface area (Å²) in [5.74, 6) is 1.14. The first-order chi connectivity index (χ1) is 7.66. The largest absolute Gasteiger partial charge is 0.345 e. The molecule has 3 heteroatoms. The van der Waals surface area contributed by atoms with Gasteiger partial charge in [0.05, 0.1) is 0 Å². The minimum absolute atomic E-state index is 0.0651. The van der Waals surface area contributed by atoms with Gasteiger partial charge < -0.3 is 4.98 Å². The van der Waals surface area contributed by atoms with Crippen LogP contribution < -0.4 is 0 Å². The fourth-order valence-corrected chi connectivity index (χ4v) is 2.47. The normalized spacial score (nSPS) is 19.2. The second kappa shape index (κ2) is 3.69. The van der Waals surface area contributed by atoms with Gasteiger partial charge in [0.2, 0.25) is 0 Å². The third kappa shape index (κ3) is 2.76. The highest BCUT2D eigenvalue weighted by molar-refractivity contribution is 5.96. The molecule has 0 saturated carbocycles. The zero-order valence-corrected chi connectivity index (χ0v) is 11.5. The summed E-state index contributed by atoms with van der Waals surface area (Å²) < 4.78 is 0. The van der Waals surface area contributed by atoms with Gasteiger partial charge in [0.15, 0.2) is 5.78 Å². The van der Waals surface area contributed by atoms with Crippen molar-refractivity contribution >= 4 is 5.78 Å². The van der Waals surface area contributed by atoms with Gasteiger partial charge in [-0.15, -0.1) is 0 Å². The number of hydrogen-bond acceptors (Lipinski definition) is 2. The number of aromatic nitrogens is 2. The molecule has 17 heavy (non-hydrogen) atoms. The molecule has 1 aromatic rings. The number of carbonyl (C=O) groups excluding carboxylic acids is 1. The maximum atomic E-state index is 12.0. The SMILES string of the molecule is CC(C)(C)Cc1nc2c([nH]1)CC(C)(C)CC2=O. The predicted octanol–water partition coefficient (Wildman–Crippen LogP) is 3.15. The van der Waals surface area contributed by atoms with Crippen molar-refractivity contribution in [3.05, 3.63) is 17.2 Å². The molecule has 1 aromatic heterocycles. The predicted molar refractivity (Wildman–Crippen MR) is 68.2 cm³/mol. The van der Waals surface area contributed by atoms with E-state index in [4.69, 9.17) is 0 Å². The summed E-state index contributed by atoms with van der Waals surface area (Å²) in [5.41, 5.74) is 1.98. The van der Waals surface area contributed by atoms with Crippen molar-refractivity contribution in [2.24, 2.45) is 10.8 Å². The number of imidazole rings is 1. The van der Waals surface area contributed by atoms with Crippen LogP contribution in [-0.4, -0.2) is 15.8 Å². The van der Waals surface area contributed by atoms with Gasteiger partial charge in [-0.3, -0.25) is 4.79 Å². The molecule has 0 radical (unpaired) electrons. The molecular weight excluding hydrogens is 212 g/mol. The van der Waals surface area contributed by atoms with Crippen molar-refractivity contribution < 1.29 is 4.79 Å². The molecule has 94 valence electrons. The third-order valence-electron chi connectivity index (χ3n) is 3.08. The molecule has 0 unspecified atom stereocenters. The topological polar surface area (TPSA) is 45.8 Å². The zero-order chi connectivity index (χ0) is 12.8. The first-order valence-electron chi connectivity index (χ1n) is 6.27. The van der Waals surface area contributed by atoms with Crippen LogP contribution in [0.25, 0.3) is 0 Å². The Hall–Kier alpha value is -1.12. The highest BCUT2D eigenvalue weighted by Gasteiger charge is 2.33. The fraction of sp³-hybridized carbons (Fsp3) is 0.714. The highest BCUT2D eigenvalue weighted by Crippen LogP contribution is 2.34. The van der Waals surface area contributed by atoms with Crippen molar-refractivity contribution in [1.82, 2.24) is 9.97 Å². The van der Waals surface area contributed by atoms with E-state index in [1.807, 2.05) is 0 Å². The maximum absolute atomic E-state index is 12.0. The van der Waals surface area contributed by atoms with Crippen molar-refractivity contribution in [3.8, 4) is 0 Å². The van der Waals surface area contributed by atoms with Gasteiger partial charge in [0, 0.05) is 18.5 Å². The van der Waals surface area contributed by atoms with Crippen LogP contribution in [0.2, 0.25) is 0 Å². The summed E-state index contributed by atoms with van der Waals surface area (Å²) in [7, 11) is 0. The van der Waals surface area contributed by atoms with Gasteiger partial charge >= 0.3 is 0 Å². The lowest BCUT2D eigenvalue weighted by molar-refractivity contribution is 0.0906. The number of H-pyrrole nitrogens is 1. The van der Waals surface area contributed by atoms with Gasteiger partial charge in [-0.05, 0) is 17.3 Å². The second-order valence-electron chi connectivity index (χ2n) is 7.19. The quantitative estimate of drug-likeness (QED) is 0.811. The lowest BCUT2D eigenvalue weighted by atomic mass is 9.77. The minimum Gasteiger partial charge on any atom is -0.345 e. The second-order valence-corrected chi connectivity index (χ2v) is 7.19. The van der Waals surface area contributed by atoms with E-state index in [0.29, 0.717) is 12.1 Å². The monoisotopic (exact) mass is 234 g/mol. The molecule has 2 rings (SSSR count). The fourth-order valence-electron chi connectivity index (χ4n) is 2.47.